The summed E-state index contributed by atoms with van der Waals surface area (Å²) in [4.78, 5) is 0. The van der Waals surface area contributed by atoms with Crippen molar-refractivity contribution in [2.75, 3.05) is 0 Å². The van der Waals surface area contributed by atoms with Gasteiger partial charge in [-0.25, -0.2) is 0 Å². The second-order valence-electron chi connectivity index (χ2n) is 2.96. The molecular weight excluding hydrogens is 316 g/mol. The van der Waals surface area contributed by atoms with E-state index >= 15 is 0 Å². The summed E-state index contributed by atoms with van der Waals surface area (Å²) in [6.45, 7) is 0. The first-order valence-corrected chi connectivity index (χ1v) is 4.75. The second kappa shape index (κ2) is 4.22. The fourth-order valence-electron chi connectivity index (χ4n) is 1.17. The van der Waals surface area contributed by atoms with Gasteiger partial charge in [-0.1, -0.05) is 0 Å². The lowest BCUT2D eigenvalue weighted by Gasteiger charge is -2.15. The first kappa shape index (κ1) is 13.8. The number of alkyl halides is 6. The van der Waals surface area contributed by atoms with E-state index in [-0.39, 0.29) is 0 Å². The molecule has 0 aromatic heterocycles. The van der Waals surface area contributed by atoms with E-state index in [4.69, 9.17) is 5.26 Å². The van der Waals surface area contributed by atoms with Gasteiger partial charge in [0, 0.05) is 4.47 Å². The Hall–Kier alpha value is -1.23. The molecule has 0 aliphatic heterocycles. The van der Waals surface area contributed by atoms with Crippen molar-refractivity contribution in [3.05, 3.63) is 33.3 Å². The molecule has 0 saturated heterocycles. The largest absolute Gasteiger partial charge is 0.418 e. The summed E-state index contributed by atoms with van der Waals surface area (Å²) in [7, 11) is 0. The van der Waals surface area contributed by atoms with E-state index < -0.39 is 33.5 Å². The minimum atomic E-state index is -5.04. The van der Waals surface area contributed by atoms with E-state index in [0.29, 0.717) is 12.1 Å². The summed E-state index contributed by atoms with van der Waals surface area (Å²) in [5.41, 5.74) is -3.95. The lowest BCUT2D eigenvalue weighted by Crippen LogP contribution is -2.14. The smallest absolute Gasteiger partial charge is 0.192 e. The molecule has 0 atom stereocenters. The first-order chi connectivity index (χ1) is 7.59. The molecular formula is C9H2BrF6N. The fourth-order valence-corrected chi connectivity index (χ4v) is 1.96. The van der Waals surface area contributed by atoms with Crippen LogP contribution in [-0.4, -0.2) is 0 Å². The van der Waals surface area contributed by atoms with Crippen LogP contribution < -0.4 is 0 Å². The normalized spacial score (nSPS) is 12.4. The quantitative estimate of drug-likeness (QED) is 0.652. The minimum absolute atomic E-state index is 0.428. The zero-order valence-corrected chi connectivity index (χ0v) is 9.33. The molecule has 17 heavy (non-hydrogen) atoms. The topological polar surface area (TPSA) is 23.8 Å². The molecule has 0 unspecified atom stereocenters. The molecule has 0 bridgehead atoms. The van der Waals surface area contributed by atoms with Crippen molar-refractivity contribution in [1.29, 1.82) is 5.26 Å². The van der Waals surface area contributed by atoms with Crippen molar-refractivity contribution < 1.29 is 26.3 Å². The zero-order chi connectivity index (χ0) is 13.4. The van der Waals surface area contributed by atoms with Gasteiger partial charge in [-0.3, -0.25) is 0 Å². The molecule has 0 fully saturated rings. The van der Waals surface area contributed by atoms with Gasteiger partial charge in [-0.05, 0) is 28.1 Å². The van der Waals surface area contributed by atoms with Crippen molar-refractivity contribution in [3.63, 3.8) is 0 Å². The Balaban J connectivity index is 3.63. The molecule has 0 amide bonds. The predicted octanol–water partition coefficient (Wildman–Crippen LogP) is 4.36. The van der Waals surface area contributed by atoms with Crippen LogP contribution in [0.25, 0.3) is 0 Å². The first-order valence-electron chi connectivity index (χ1n) is 3.96. The molecule has 0 heterocycles. The van der Waals surface area contributed by atoms with E-state index in [9.17, 15) is 26.3 Å². The van der Waals surface area contributed by atoms with E-state index in [0.717, 1.165) is 0 Å². The highest BCUT2D eigenvalue weighted by Crippen LogP contribution is 2.43. The van der Waals surface area contributed by atoms with Crippen LogP contribution >= 0.6 is 15.9 Å². The van der Waals surface area contributed by atoms with Gasteiger partial charge in [0.05, 0.1) is 22.8 Å². The van der Waals surface area contributed by atoms with Gasteiger partial charge in [0.2, 0.25) is 0 Å². The Morgan fingerprint density at radius 1 is 1.00 bits per heavy atom. The monoisotopic (exact) mass is 317 g/mol. The highest BCUT2D eigenvalue weighted by Gasteiger charge is 2.42. The molecule has 0 aliphatic rings. The van der Waals surface area contributed by atoms with Gasteiger partial charge in [-0.15, -0.1) is 0 Å². The van der Waals surface area contributed by atoms with Crippen LogP contribution in [0.3, 0.4) is 0 Å². The highest BCUT2D eigenvalue weighted by molar-refractivity contribution is 9.10. The fraction of sp³-hybridized carbons (Fsp3) is 0.222. The number of hydrogen-bond acceptors (Lipinski definition) is 1. The van der Waals surface area contributed by atoms with Crippen molar-refractivity contribution in [2.45, 2.75) is 12.4 Å². The third kappa shape index (κ3) is 2.72. The zero-order valence-electron chi connectivity index (χ0n) is 7.75. The van der Waals surface area contributed by atoms with E-state index in [1.165, 1.54) is 6.07 Å². The molecule has 0 N–H and O–H groups in total. The van der Waals surface area contributed by atoms with Crippen LogP contribution in [0, 0.1) is 11.3 Å². The van der Waals surface area contributed by atoms with Gasteiger partial charge in [0.25, 0.3) is 0 Å². The molecule has 0 spiro atoms. The van der Waals surface area contributed by atoms with Crippen molar-refractivity contribution in [1.82, 2.24) is 0 Å². The Morgan fingerprint density at radius 2 is 1.53 bits per heavy atom. The minimum Gasteiger partial charge on any atom is -0.192 e. The summed E-state index contributed by atoms with van der Waals surface area (Å²) < 4.78 is 73.5. The maximum atomic E-state index is 12.5. The molecule has 1 aromatic carbocycles. The molecule has 1 aromatic rings. The maximum absolute atomic E-state index is 12.5. The lowest BCUT2D eigenvalue weighted by atomic mass is 10.0. The number of hydrogen-bond donors (Lipinski definition) is 0. The van der Waals surface area contributed by atoms with Gasteiger partial charge in [0.15, 0.2) is 0 Å². The number of nitriles is 1. The Bertz CT molecular complexity index is 482. The van der Waals surface area contributed by atoms with Gasteiger partial charge in [0.1, 0.15) is 0 Å². The van der Waals surface area contributed by atoms with Crippen molar-refractivity contribution >= 4 is 15.9 Å². The van der Waals surface area contributed by atoms with Crippen LogP contribution in [-0.2, 0) is 12.4 Å². The molecule has 92 valence electrons. The third-order valence-electron chi connectivity index (χ3n) is 1.85. The third-order valence-corrected chi connectivity index (χ3v) is 2.67. The predicted molar refractivity (Wildman–Crippen MR) is 48.9 cm³/mol. The van der Waals surface area contributed by atoms with Crippen LogP contribution in [0.4, 0.5) is 26.3 Å². The summed E-state index contributed by atoms with van der Waals surface area (Å²) in [5.74, 6) is 0. The van der Waals surface area contributed by atoms with Crippen LogP contribution in [0.1, 0.15) is 16.7 Å². The SMILES string of the molecule is N#Cc1ccc(C(F)(F)F)c(Br)c1C(F)(F)F. The van der Waals surface area contributed by atoms with E-state index in [1.807, 2.05) is 0 Å². The lowest BCUT2D eigenvalue weighted by molar-refractivity contribution is -0.144. The molecule has 0 saturated carbocycles. The molecule has 0 radical (unpaired) electrons. The van der Waals surface area contributed by atoms with E-state index in [1.54, 1.807) is 0 Å². The maximum Gasteiger partial charge on any atom is 0.418 e. The molecule has 8 heteroatoms. The Morgan fingerprint density at radius 3 is 1.88 bits per heavy atom. The van der Waals surface area contributed by atoms with Gasteiger partial charge in [-0.2, -0.15) is 31.6 Å². The van der Waals surface area contributed by atoms with Crippen LogP contribution in [0.15, 0.2) is 16.6 Å². The summed E-state index contributed by atoms with van der Waals surface area (Å²) in [6.07, 6.45) is -9.96. The summed E-state index contributed by atoms with van der Waals surface area (Å²) in [5, 5.41) is 8.45. The Kier molecular flexibility index (Phi) is 3.43. The number of rotatable bonds is 0. The van der Waals surface area contributed by atoms with E-state index in [2.05, 4.69) is 15.9 Å². The number of nitrogens with zero attached hydrogens (tertiary/aromatic N) is 1. The number of benzene rings is 1. The Labute approximate surface area is 99.8 Å². The average Bonchev–Trinajstić information content (AvgIpc) is 2.12. The molecule has 1 rings (SSSR count). The van der Waals surface area contributed by atoms with Crippen LogP contribution in [0.2, 0.25) is 0 Å². The molecule has 1 nitrogen and oxygen atoms in total. The second-order valence-corrected chi connectivity index (χ2v) is 3.75. The summed E-state index contributed by atoms with van der Waals surface area (Å²) >= 11 is 2.25. The van der Waals surface area contributed by atoms with Gasteiger partial charge >= 0.3 is 12.4 Å². The number of halogens is 7. The summed E-state index contributed by atoms with van der Waals surface area (Å²) in [6, 6.07) is 2.13. The van der Waals surface area contributed by atoms with Crippen molar-refractivity contribution in [3.8, 4) is 6.07 Å². The van der Waals surface area contributed by atoms with Crippen molar-refractivity contribution in [2.24, 2.45) is 0 Å². The van der Waals surface area contributed by atoms with Crippen LogP contribution in [0.5, 0.6) is 0 Å². The average molecular weight is 318 g/mol. The van der Waals surface area contributed by atoms with Gasteiger partial charge < -0.3 is 0 Å². The molecule has 0 aliphatic carbocycles. The highest BCUT2D eigenvalue weighted by atomic mass is 79.9. The standard InChI is InChI=1S/C9H2BrF6N/c10-7-5(8(11,12)13)2-1-4(3-17)6(7)9(14,15)16/h1-2H.